The molecule has 2 heterocycles. The SMILES string of the molecule is COc1ccc(-c2cn(CCN(CCP(=O)([O-])[O-])CCP(=O)([O-])[O-])c3ncnc(N)c23)cc1.[Na+].[Na+].[Na+].[Na+]. The maximum atomic E-state index is 11.1. The monoisotopic (exact) mass is 587 g/mol. The summed E-state index contributed by atoms with van der Waals surface area (Å²) in [4.78, 5) is 54.0. The smallest absolute Gasteiger partial charge is 0.811 e. The Balaban J connectivity index is 0. The summed E-state index contributed by atoms with van der Waals surface area (Å²) in [6.07, 6.45) is 1.79. The Morgan fingerprint density at radius 2 is 1.46 bits per heavy atom. The van der Waals surface area contributed by atoms with Crippen molar-refractivity contribution in [3.63, 3.8) is 0 Å². The predicted octanol–water partition coefficient (Wildman–Crippen LogP) is -13.2. The van der Waals surface area contributed by atoms with Gasteiger partial charge in [-0.05, 0) is 30.0 Å². The number of ether oxygens (including phenoxy) is 1. The molecule has 2 N–H and O–H groups in total. The third-order valence-electron chi connectivity index (χ3n) is 5.12. The number of nitrogen functional groups attached to an aromatic ring is 1. The molecule has 180 valence electrons. The average Bonchev–Trinajstić information content (AvgIpc) is 3.12. The standard InChI is InChI=1S/C19H27N5O7P2.4Na/c1-31-15-4-2-14(3-5-15)16-12-24(19-17(16)18(20)21-13-22-19)7-6-23(8-10-32(25,26)27)9-11-33(28,29)30;;;;/h2-5,12-13H,6-11H2,1H3,(H2,20,21,22)(H2,25,26,27)(H2,28,29,30);;;;/q;4*+1/p-4. The van der Waals surface area contributed by atoms with Crippen molar-refractivity contribution >= 4 is 32.0 Å². The van der Waals surface area contributed by atoms with Crippen LogP contribution in [0.25, 0.3) is 22.2 Å². The van der Waals surface area contributed by atoms with Gasteiger partial charge in [-0.2, -0.15) is 0 Å². The molecule has 0 radical (unpaired) electrons. The van der Waals surface area contributed by atoms with Gasteiger partial charge in [0.05, 0.1) is 12.5 Å². The maximum absolute atomic E-state index is 11.1. The minimum atomic E-state index is -4.79. The molecule has 0 saturated heterocycles. The van der Waals surface area contributed by atoms with Crippen molar-refractivity contribution in [2.45, 2.75) is 6.54 Å². The van der Waals surface area contributed by atoms with E-state index in [0.29, 0.717) is 16.8 Å². The van der Waals surface area contributed by atoms with Crippen LogP contribution >= 0.6 is 15.2 Å². The molecule has 0 saturated carbocycles. The van der Waals surface area contributed by atoms with Crippen LogP contribution in [0.5, 0.6) is 5.75 Å². The number of hydrogen-bond acceptors (Lipinski definition) is 11. The molecule has 12 nitrogen and oxygen atoms in total. The Hall–Kier alpha value is 1.70. The van der Waals surface area contributed by atoms with Gasteiger partial charge in [0.15, 0.2) is 0 Å². The molecule has 0 unspecified atom stereocenters. The molecule has 2 aromatic heterocycles. The van der Waals surface area contributed by atoms with Crippen LogP contribution in [0.1, 0.15) is 0 Å². The quantitative estimate of drug-likeness (QED) is 0.165. The number of nitrogens with zero attached hydrogens (tertiary/aromatic N) is 4. The Morgan fingerprint density at radius 3 is 1.95 bits per heavy atom. The molecule has 37 heavy (non-hydrogen) atoms. The molecule has 0 spiro atoms. The number of fused-ring (bicyclic) bond motifs is 1. The second-order valence-electron chi connectivity index (χ2n) is 7.43. The Morgan fingerprint density at radius 1 is 0.919 bits per heavy atom. The van der Waals surface area contributed by atoms with Crippen molar-refractivity contribution in [3.05, 3.63) is 36.8 Å². The number of methoxy groups -OCH3 is 1. The first-order chi connectivity index (χ1) is 15.5. The zero-order valence-corrected chi connectivity index (χ0v) is 31.6. The van der Waals surface area contributed by atoms with Crippen LogP contribution in [0.15, 0.2) is 36.8 Å². The fraction of sp³-hybridized carbons (Fsp3) is 0.368. The van der Waals surface area contributed by atoms with Crippen LogP contribution in [0.3, 0.4) is 0 Å². The van der Waals surface area contributed by atoms with Crippen LogP contribution in [0, 0.1) is 0 Å². The van der Waals surface area contributed by atoms with Gasteiger partial charge < -0.3 is 48.6 Å². The summed E-state index contributed by atoms with van der Waals surface area (Å²) >= 11 is 0. The minimum Gasteiger partial charge on any atom is -0.811 e. The van der Waals surface area contributed by atoms with E-state index < -0.39 is 27.5 Å². The summed E-state index contributed by atoms with van der Waals surface area (Å²) in [5, 5.41) is 0.626. The molecular weight excluding hydrogens is 564 g/mol. The molecule has 0 aliphatic heterocycles. The van der Waals surface area contributed by atoms with Crippen LogP contribution in [-0.2, 0) is 15.7 Å². The number of aromatic nitrogens is 3. The first-order valence-electron chi connectivity index (χ1n) is 9.95. The van der Waals surface area contributed by atoms with Gasteiger partial charge in [0.2, 0.25) is 0 Å². The van der Waals surface area contributed by atoms with Gasteiger partial charge in [-0.3, -0.25) is 0 Å². The number of hydrogen-bond donors (Lipinski definition) is 1. The average molecular weight is 587 g/mol. The maximum Gasteiger partial charge on any atom is 1.00 e. The normalized spacial score (nSPS) is 11.2. The molecule has 0 amide bonds. The summed E-state index contributed by atoms with van der Waals surface area (Å²) < 4.78 is 29.1. The predicted molar refractivity (Wildman–Crippen MR) is 115 cm³/mol. The van der Waals surface area contributed by atoms with E-state index in [9.17, 15) is 28.7 Å². The van der Waals surface area contributed by atoms with Gasteiger partial charge in [-0.1, -0.05) is 27.3 Å². The summed E-state index contributed by atoms with van der Waals surface area (Å²) in [5.74, 6) is 0.962. The largest absolute Gasteiger partial charge is 1.00 e. The van der Waals surface area contributed by atoms with Crippen LogP contribution in [-0.4, -0.2) is 58.5 Å². The summed E-state index contributed by atoms with van der Waals surface area (Å²) in [7, 11) is -8.01. The van der Waals surface area contributed by atoms with Crippen molar-refractivity contribution in [3.8, 4) is 16.9 Å². The van der Waals surface area contributed by atoms with Gasteiger partial charge >= 0.3 is 118 Å². The van der Waals surface area contributed by atoms with Crippen molar-refractivity contribution in [1.29, 1.82) is 0 Å². The van der Waals surface area contributed by atoms with Crippen molar-refractivity contribution in [2.24, 2.45) is 0 Å². The third-order valence-corrected chi connectivity index (χ3v) is 6.62. The molecule has 0 aliphatic rings. The molecule has 0 bridgehead atoms. The molecule has 18 heteroatoms. The number of anilines is 1. The number of benzene rings is 1. The van der Waals surface area contributed by atoms with E-state index in [1.165, 1.54) is 11.2 Å². The summed E-state index contributed by atoms with van der Waals surface area (Å²) in [6.45, 7) is 0.0702. The van der Waals surface area contributed by atoms with E-state index in [-0.39, 0.29) is 150 Å². The van der Waals surface area contributed by atoms with Crippen molar-refractivity contribution in [1.82, 2.24) is 19.4 Å². The fourth-order valence-electron chi connectivity index (χ4n) is 3.42. The molecule has 0 fully saturated rings. The Bertz CT molecular complexity index is 1180. The van der Waals surface area contributed by atoms with Gasteiger partial charge in [0.1, 0.15) is 23.5 Å². The van der Waals surface area contributed by atoms with E-state index >= 15 is 0 Å². The van der Waals surface area contributed by atoms with Crippen LogP contribution < -0.4 is 148 Å². The van der Waals surface area contributed by atoms with Gasteiger partial charge in [0, 0.05) is 37.9 Å². The Kier molecular flexibility index (Phi) is 20.2. The molecule has 0 aliphatic carbocycles. The van der Waals surface area contributed by atoms with Crippen LogP contribution in [0.4, 0.5) is 5.82 Å². The zero-order valence-electron chi connectivity index (χ0n) is 21.8. The molecule has 3 aromatic rings. The second-order valence-corrected chi connectivity index (χ2v) is 10.8. The molecular formula is C19H23N5Na4O7P2. The minimum absolute atomic E-state index is 0. The van der Waals surface area contributed by atoms with Crippen LogP contribution in [0.2, 0.25) is 0 Å². The van der Waals surface area contributed by atoms with E-state index in [4.69, 9.17) is 10.5 Å². The van der Waals surface area contributed by atoms with Gasteiger partial charge in [0.25, 0.3) is 0 Å². The molecule has 0 atom stereocenters. The topological polar surface area (TPSA) is 196 Å². The second kappa shape index (κ2) is 18.3. The van der Waals surface area contributed by atoms with Crippen molar-refractivity contribution in [2.75, 3.05) is 44.8 Å². The van der Waals surface area contributed by atoms with Gasteiger partial charge in [-0.15, -0.1) is 0 Å². The van der Waals surface area contributed by atoms with Gasteiger partial charge in [-0.25, -0.2) is 9.97 Å². The zero-order chi connectivity index (χ0) is 24.2. The van der Waals surface area contributed by atoms with E-state index in [2.05, 4.69) is 9.97 Å². The molecule has 1 aromatic carbocycles. The summed E-state index contributed by atoms with van der Waals surface area (Å²) in [6, 6.07) is 7.32. The number of rotatable bonds is 11. The fourth-order valence-corrected chi connectivity index (χ4v) is 4.47. The van der Waals surface area contributed by atoms with Crippen molar-refractivity contribution < 1.29 is 152 Å². The first kappa shape index (κ1) is 40.8. The molecule has 3 rings (SSSR count). The number of nitrogens with two attached hydrogens (primary N) is 1. The van der Waals surface area contributed by atoms with E-state index in [0.717, 1.165) is 11.1 Å². The summed E-state index contributed by atoms with van der Waals surface area (Å²) in [5.41, 5.74) is 8.25. The first-order valence-corrected chi connectivity index (χ1v) is 13.4. The third kappa shape index (κ3) is 13.0. The van der Waals surface area contributed by atoms with E-state index in [1.807, 2.05) is 18.3 Å². The Labute approximate surface area is 304 Å². The van der Waals surface area contributed by atoms with E-state index in [1.54, 1.807) is 23.8 Å².